The molecule has 392 valence electrons. The smallest absolute Gasteiger partial charge is 0.409 e. The highest BCUT2D eigenvalue weighted by molar-refractivity contribution is 6.03. The summed E-state index contributed by atoms with van der Waals surface area (Å²) >= 11 is 0. The maximum Gasteiger partial charge on any atom is 0.409 e. The number of piperidine rings is 3. The number of terminal acetylenes is 1. The lowest BCUT2D eigenvalue weighted by atomic mass is 9.90. The quantitative estimate of drug-likeness (QED) is 0.107. The second-order valence-electron chi connectivity index (χ2n) is 21.4. The SMILES string of the molecule is C#Cc1c(F)ccc2cccc(-c3nc4c5c(nc(OCC67CCCN6[C@H](COC(=O)N6CCC(OC8CCN(c9ccc(C%10CCC(=O)NC%10=O)c(F)c9)CC8)CC6)CC7)nc5c3F)N3CCCOC[C@@H]3CC4)c12. The number of amides is 3. The molecule has 6 saturated heterocycles. The largest absolute Gasteiger partial charge is 0.461 e. The van der Waals surface area contributed by atoms with Crippen LogP contribution in [-0.2, 0) is 30.2 Å². The van der Waals surface area contributed by atoms with E-state index in [1.54, 1.807) is 29.2 Å². The molecule has 2 unspecified atom stereocenters. The van der Waals surface area contributed by atoms with Gasteiger partial charge in [0.05, 0.1) is 53.0 Å². The first-order valence-electron chi connectivity index (χ1n) is 26.8. The predicted octanol–water partition coefficient (Wildman–Crippen LogP) is 7.97. The number of ether oxygens (including phenoxy) is 4. The molecule has 2 aromatic heterocycles. The van der Waals surface area contributed by atoms with Crippen LogP contribution in [0.2, 0.25) is 0 Å². The summed E-state index contributed by atoms with van der Waals surface area (Å²) in [5.41, 5.74) is 1.97. The number of aryl methyl sites for hydroxylation is 1. The zero-order valence-corrected chi connectivity index (χ0v) is 42.0. The summed E-state index contributed by atoms with van der Waals surface area (Å²) in [5.74, 6) is -0.0417. The summed E-state index contributed by atoms with van der Waals surface area (Å²) in [4.78, 5) is 60.8. The number of nitrogens with one attached hydrogen (secondary N) is 1. The minimum Gasteiger partial charge on any atom is -0.461 e. The molecule has 4 atom stereocenters. The Morgan fingerprint density at radius 1 is 0.853 bits per heavy atom. The van der Waals surface area contributed by atoms with E-state index >= 15 is 13.2 Å². The summed E-state index contributed by atoms with van der Waals surface area (Å²) in [6.07, 6.45) is 14.6. The fourth-order valence-corrected chi connectivity index (χ4v) is 13.1. The van der Waals surface area contributed by atoms with E-state index in [4.69, 9.17) is 40.3 Å². The number of anilines is 2. The molecule has 7 aliphatic rings. The average molecular weight is 1030 g/mol. The number of pyridine rings is 1. The Balaban J connectivity index is 0.674. The van der Waals surface area contributed by atoms with Gasteiger partial charge in [0.25, 0.3) is 0 Å². The Hall–Kier alpha value is -6.55. The number of halogens is 3. The standard InChI is InChI=1S/C57H61F3N8O7/c1-2-40-44(58)13-8-34-6-3-7-43(48(34)40)51-50(60)52-49-46(61-51)14-10-36-31-72-29-5-23-67(36)53(49)64-55(63-52)74-33-57-21-4-24-68(57)37(16-22-57)32-73-56(71)66-27-19-39(20-28-66)75-38-17-25-65(26-18-38)35-9-11-41(45(59)30-35)42-12-15-47(69)62-54(42)70/h1,3,6-9,11,13,30,36-39,42H,4-5,10,12,14-29,31-33H2,(H,62,69,70)/t36-,37-,42?,57?/m0/s1. The van der Waals surface area contributed by atoms with E-state index in [1.807, 2.05) is 12.1 Å². The second-order valence-corrected chi connectivity index (χ2v) is 21.4. The van der Waals surface area contributed by atoms with Crippen molar-refractivity contribution >= 4 is 51.1 Å². The number of fused-ring (bicyclic) bond motifs is 4. The number of hydrogen-bond acceptors (Lipinski definition) is 13. The van der Waals surface area contributed by atoms with Gasteiger partial charge in [-0.15, -0.1) is 6.42 Å². The lowest BCUT2D eigenvalue weighted by molar-refractivity contribution is -0.134. The van der Waals surface area contributed by atoms with Gasteiger partial charge in [0.2, 0.25) is 11.8 Å². The van der Waals surface area contributed by atoms with Crippen LogP contribution < -0.4 is 19.9 Å². The molecule has 0 spiro atoms. The zero-order valence-electron chi connectivity index (χ0n) is 42.0. The zero-order chi connectivity index (χ0) is 51.4. The van der Waals surface area contributed by atoms with Gasteiger partial charge in [-0.05, 0) is 107 Å². The fourth-order valence-electron chi connectivity index (χ4n) is 13.1. The van der Waals surface area contributed by atoms with Crippen LogP contribution in [-0.4, -0.2) is 138 Å². The number of carbonyl (C=O) groups excluding carboxylic acids is 3. The molecule has 6 fully saturated rings. The molecule has 7 aliphatic heterocycles. The number of imide groups is 1. The minimum atomic E-state index is -0.667. The molecule has 0 aliphatic carbocycles. The minimum absolute atomic E-state index is 0.0127. The average Bonchev–Trinajstić information content (AvgIpc) is 3.86. The van der Waals surface area contributed by atoms with Crippen molar-refractivity contribution < 1.29 is 46.5 Å². The topological polar surface area (TPSA) is 152 Å². The molecule has 0 saturated carbocycles. The van der Waals surface area contributed by atoms with Gasteiger partial charge in [0, 0.05) is 74.0 Å². The predicted molar refractivity (Wildman–Crippen MR) is 274 cm³/mol. The van der Waals surface area contributed by atoms with E-state index < -0.39 is 29.3 Å². The second kappa shape index (κ2) is 20.5. The molecular formula is C57H61F3N8O7. The van der Waals surface area contributed by atoms with Crippen LogP contribution in [0.1, 0.15) is 99.8 Å². The highest BCUT2D eigenvalue weighted by atomic mass is 19.1. The third kappa shape index (κ3) is 9.39. The maximum atomic E-state index is 17.4. The molecule has 3 amide bonds. The Morgan fingerprint density at radius 2 is 1.68 bits per heavy atom. The van der Waals surface area contributed by atoms with E-state index in [2.05, 4.69) is 25.9 Å². The summed E-state index contributed by atoms with van der Waals surface area (Å²) < 4.78 is 73.1. The van der Waals surface area contributed by atoms with E-state index in [0.717, 1.165) is 57.2 Å². The van der Waals surface area contributed by atoms with Crippen molar-refractivity contribution in [1.82, 2.24) is 30.1 Å². The fraction of sp³-hybridized carbons (Fsp3) is 0.509. The van der Waals surface area contributed by atoms with Crippen molar-refractivity contribution in [2.24, 2.45) is 0 Å². The molecular weight excluding hydrogens is 966 g/mol. The van der Waals surface area contributed by atoms with Crippen LogP contribution in [0.25, 0.3) is 32.9 Å². The molecule has 1 N–H and O–H groups in total. The van der Waals surface area contributed by atoms with Crippen molar-refractivity contribution in [3.8, 4) is 29.6 Å². The van der Waals surface area contributed by atoms with Gasteiger partial charge in [-0.25, -0.2) is 22.9 Å². The number of aromatic nitrogens is 3. The number of carbonyl (C=O) groups is 3. The van der Waals surface area contributed by atoms with Gasteiger partial charge in [-0.1, -0.05) is 36.3 Å². The molecule has 3 aromatic carbocycles. The van der Waals surface area contributed by atoms with Crippen LogP contribution >= 0.6 is 0 Å². The van der Waals surface area contributed by atoms with Gasteiger partial charge >= 0.3 is 12.1 Å². The molecule has 0 radical (unpaired) electrons. The molecule has 12 rings (SSSR count). The van der Waals surface area contributed by atoms with Crippen molar-refractivity contribution in [1.29, 1.82) is 0 Å². The van der Waals surface area contributed by atoms with Crippen molar-refractivity contribution in [2.45, 2.75) is 119 Å². The Bertz CT molecular complexity index is 3100. The Labute approximate surface area is 433 Å². The highest BCUT2D eigenvalue weighted by Gasteiger charge is 2.50. The molecule has 0 bridgehead atoms. The van der Waals surface area contributed by atoms with Crippen molar-refractivity contribution in [3.63, 3.8) is 0 Å². The molecule has 75 heavy (non-hydrogen) atoms. The first kappa shape index (κ1) is 49.3. The monoisotopic (exact) mass is 1030 g/mol. The van der Waals surface area contributed by atoms with E-state index in [1.165, 1.54) is 12.1 Å². The summed E-state index contributed by atoms with van der Waals surface area (Å²) in [5, 5.41) is 3.94. The highest BCUT2D eigenvalue weighted by Crippen LogP contribution is 2.45. The molecule has 5 aromatic rings. The third-order valence-corrected chi connectivity index (χ3v) is 17.0. The van der Waals surface area contributed by atoms with E-state index in [0.29, 0.717) is 117 Å². The van der Waals surface area contributed by atoms with Gasteiger partial charge in [0.15, 0.2) is 5.82 Å². The number of likely N-dealkylation sites (tertiary alicyclic amines) is 1. The summed E-state index contributed by atoms with van der Waals surface area (Å²) in [6.45, 7) is 5.64. The Kier molecular flexibility index (Phi) is 13.5. The number of rotatable bonds is 10. The number of nitrogens with zero attached hydrogens (tertiary/aromatic N) is 7. The van der Waals surface area contributed by atoms with Crippen LogP contribution in [0.3, 0.4) is 0 Å². The third-order valence-electron chi connectivity index (χ3n) is 17.0. The van der Waals surface area contributed by atoms with Crippen LogP contribution in [0, 0.1) is 29.8 Å². The van der Waals surface area contributed by atoms with Gasteiger partial charge in [0.1, 0.15) is 41.9 Å². The number of benzene rings is 3. The van der Waals surface area contributed by atoms with E-state index in [9.17, 15) is 14.4 Å². The van der Waals surface area contributed by atoms with Crippen molar-refractivity contribution in [2.75, 3.05) is 75.5 Å². The lowest BCUT2D eigenvalue weighted by Crippen LogP contribution is -2.49. The first-order valence-corrected chi connectivity index (χ1v) is 26.8. The van der Waals surface area contributed by atoms with Crippen LogP contribution in [0.5, 0.6) is 6.01 Å². The molecule has 15 nitrogen and oxygen atoms in total. The Morgan fingerprint density at radius 3 is 2.48 bits per heavy atom. The van der Waals surface area contributed by atoms with Gasteiger partial charge < -0.3 is 33.6 Å². The van der Waals surface area contributed by atoms with Crippen molar-refractivity contribution in [3.05, 3.63) is 82.8 Å². The van der Waals surface area contributed by atoms with Crippen LogP contribution in [0.4, 0.5) is 29.5 Å². The summed E-state index contributed by atoms with van der Waals surface area (Å²) in [6, 6.07) is 13.4. The normalized spacial score (nSPS) is 24.7. The summed E-state index contributed by atoms with van der Waals surface area (Å²) in [7, 11) is 0. The van der Waals surface area contributed by atoms with Gasteiger partial charge in [-0.2, -0.15) is 9.97 Å². The molecule has 9 heterocycles. The van der Waals surface area contributed by atoms with Gasteiger partial charge in [-0.3, -0.25) is 19.8 Å². The first-order chi connectivity index (χ1) is 36.5. The van der Waals surface area contributed by atoms with Crippen LogP contribution in [0.15, 0.2) is 48.5 Å². The molecule has 18 heteroatoms. The maximum absolute atomic E-state index is 17.4. The lowest BCUT2D eigenvalue weighted by Gasteiger charge is -2.38. The van der Waals surface area contributed by atoms with E-state index in [-0.39, 0.29) is 84.3 Å². The number of hydrogen-bond donors (Lipinski definition) is 1.